The quantitative estimate of drug-likeness (QED) is 0.893. The topological polar surface area (TPSA) is 45.5 Å². The van der Waals surface area contributed by atoms with Gasteiger partial charge < -0.3 is 14.6 Å². The minimum Gasteiger partial charge on any atom is -0.467 e. The molecule has 1 aromatic carbocycles. The average molecular weight is 338 g/mol. The van der Waals surface area contributed by atoms with Gasteiger partial charge in [-0.25, -0.2) is 0 Å². The molecule has 132 valence electrons. The minimum atomic E-state index is 0.0474. The monoisotopic (exact) mass is 338 g/mol. The largest absolute Gasteiger partial charge is 0.467 e. The van der Waals surface area contributed by atoms with Crippen LogP contribution < -0.4 is 10.2 Å². The average Bonchev–Trinajstić information content (AvgIpc) is 3.33. The molecule has 0 saturated heterocycles. The minimum absolute atomic E-state index is 0.0474. The van der Waals surface area contributed by atoms with Crippen LogP contribution in [0.1, 0.15) is 49.5 Å². The fraction of sp³-hybridized carbons (Fsp3) is 0.476. The second-order valence-electron chi connectivity index (χ2n) is 7.18. The molecule has 1 amide bonds. The fourth-order valence-corrected chi connectivity index (χ4v) is 4.24. The summed E-state index contributed by atoms with van der Waals surface area (Å²) < 4.78 is 5.71. The number of hydrogen-bond acceptors (Lipinski definition) is 3. The summed E-state index contributed by atoms with van der Waals surface area (Å²) >= 11 is 0. The number of rotatable bonds is 5. The lowest BCUT2D eigenvalue weighted by molar-refractivity contribution is -0.126. The number of carbonyl (C=O) groups is 1. The first-order valence-electron chi connectivity index (χ1n) is 9.48. The summed E-state index contributed by atoms with van der Waals surface area (Å²) in [5.74, 6) is 1.32. The maximum absolute atomic E-state index is 12.6. The number of benzene rings is 1. The normalized spacial score (nSPS) is 18.8. The van der Waals surface area contributed by atoms with Crippen LogP contribution in [-0.2, 0) is 11.2 Å². The summed E-state index contributed by atoms with van der Waals surface area (Å²) in [4.78, 5) is 14.9. The van der Waals surface area contributed by atoms with E-state index in [4.69, 9.17) is 4.42 Å². The van der Waals surface area contributed by atoms with Crippen molar-refractivity contribution in [1.82, 2.24) is 5.32 Å². The molecule has 25 heavy (non-hydrogen) atoms. The zero-order chi connectivity index (χ0) is 17.1. The smallest absolute Gasteiger partial charge is 0.223 e. The number of carbonyl (C=O) groups excluding carboxylic acids is 1. The first-order valence-corrected chi connectivity index (χ1v) is 9.48. The molecule has 1 fully saturated rings. The number of nitrogens with one attached hydrogen (secondary N) is 1. The van der Waals surface area contributed by atoms with Crippen LogP contribution in [0, 0.1) is 5.92 Å². The first-order chi connectivity index (χ1) is 12.3. The Labute approximate surface area is 149 Å². The second kappa shape index (κ2) is 7.34. The maximum Gasteiger partial charge on any atom is 0.223 e. The Kier molecular flexibility index (Phi) is 4.77. The van der Waals surface area contributed by atoms with Gasteiger partial charge in [0.2, 0.25) is 5.91 Å². The molecule has 2 aromatic rings. The molecule has 4 heteroatoms. The molecule has 1 aliphatic carbocycles. The molecule has 0 unspecified atom stereocenters. The van der Waals surface area contributed by atoms with Gasteiger partial charge in [-0.15, -0.1) is 0 Å². The van der Waals surface area contributed by atoms with E-state index in [1.165, 1.54) is 30.5 Å². The van der Waals surface area contributed by atoms with E-state index in [-0.39, 0.29) is 17.9 Å². The van der Waals surface area contributed by atoms with Crippen molar-refractivity contribution in [1.29, 1.82) is 0 Å². The van der Waals surface area contributed by atoms with Crippen molar-refractivity contribution in [3.05, 3.63) is 54.0 Å². The van der Waals surface area contributed by atoms with Gasteiger partial charge in [-0.05, 0) is 43.0 Å². The third-order valence-corrected chi connectivity index (χ3v) is 5.62. The zero-order valence-corrected chi connectivity index (χ0v) is 14.6. The summed E-state index contributed by atoms with van der Waals surface area (Å²) in [5, 5.41) is 3.21. The standard InChI is InChI=1S/C21H26N2O2/c24-21(17-8-2-1-3-9-17)22-15-19(20-11-6-14-25-20)23-13-12-16-7-4-5-10-18(16)23/h4-7,10-11,14,17,19H,1-3,8-9,12-13,15H2,(H,22,24)/t19-/m0/s1. The highest BCUT2D eigenvalue weighted by Crippen LogP contribution is 2.35. The summed E-state index contributed by atoms with van der Waals surface area (Å²) in [6, 6.07) is 12.5. The van der Waals surface area contributed by atoms with Gasteiger partial charge in [0.15, 0.2) is 0 Å². The predicted octanol–water partition coefficient (Wildman–Crippen LogP) is 4.08. The van der Waals surface area contributed by atoms with Crippen LogP contribution >= 0.6 is 0 Å². The van der Waals surface area contributed by atoms with Crippen molar-refractivity contribution in [3.8, 4) is 0 Å². The summed E-state index contributed by atoms with van der Waals surface area (Å²) in [6.07, 6.45) is 8.45. The molecule has 1 aliphatic heterocycles. The molecular weight excluding hydrogens is 312 g/mol. The van der Waals surface area contributed by atoms with Gasteiger partial charge >= 0.3 is 0 Å². The van der Waals surface area contributed by atoms with E-state index < -0.39 is 0 Å². The van der Waals surface area contributed by atoms with Gasteiger partial charge in [-0.1, -0.05) is 37.5 Å². The molecule has 2 aliphatic rings. The highest BCUT2D eigenvalue weighted by atomic mass is 16.3. The van der Waals surface area contributed by atoms with Gasteiger partial charge in [0, 0.05) is 24.7 Å². The molecule has 1 aromatic heterocycles. The van der Waals surface area contributed by atoms with Crippen LogP contribution in [0.3, 0.4) is 0 Å². The van der Waals surface area contributed by atoms with E-state index in [0.717, 1.165) is 31.6 Å². The van der Waals surface area contributed by atoms with Crippen LogP contribution in [-0.4, -0.2) is 19.0 Å². The van der Waals surface area contributed by atoms with E-state index in [2.05, 4.69) is 34.5 Å². The highest BCUT2D eigenvalue weighted by Gasteiger charge is 2.30. The Balaban J connectivity index is 1.49. The molecule has 1 saturated carbocycles. The SMILES string of the molecule is O=C(NC[C@@H](c1ccco1)N1CCc2ccccc21)C1CCCCC1. The number of anilines is 1. The van der Waals surface area contributed by atoms with E-state index in [9.17, 15) is 4.79 Å². The van der Waals surface area contributed by atoms with Crippen molar-refractivity contribution in [3.63, 3.8) is 0 Å². The Bertz CT molecular complexity index is 704. The Morgan fingerprint density at radius 3 is 2.80 bits per heavy atom. The highest BCUT2D eigenvalue weighted by molar-refractivity contribution is 5.78. The Morgan fingerprint density at radius 1 is 1.16 bits per heavy atom. The van der Waals surface area contributed by atoms with Gasteiger partial charge in [-0.3, -0.25) is 4.79 Å². The number of nitrogens with zero attached hydrogens (tertiary/aromatic N) is 1. The van der Waals surface area contributed by atoms with Gasteiger partial charge in [-0.2, -0.15) is 0 Å². The zero-order valence-electron chi connectivity index (χ0n) is 14.6. The van der Waals surface area contributed by atoms with Crippen molar-refractivity contribution >= 4 is 11.6 Å². The van der Waals surface area contributed by atoms with Crippen molar-refractivity contribution < 1.29 is 9.21 Å². The van der Waals surface area contributed by atoms with Crippen molar-refractivity contribution in [2.75, 3.05) is 18.0 Å². The number of hydrogen-bond donors (Lipinski definition) is 1. The summed E-state index contributed by atoms with van der Waals surface area (Å²) in [6.45, 7) is 1.56. The first kappa shape index (κ1) is 16.2. The molecule has 4 nitrogen and oxygen atoms in total. The Hall–Kier alpha value is -2.23. The van der Waals surface area contributed by atoms with Crippen LogP contribution in [0.4, 0.5) is 5.69 Å². The number of fused-ring (bicyclic) bond motifs is 1. The molecule has 1 N–H and O–H groups in total. The lowest BCUT2D eigenvalue weighted by atomic mass is 9.88. The lowest BCUT2D eigenvalue weighted by Crippen LogP contribution is -2.40. The molecule has 4 rings (SSSR count). The molecule has 0 radical (unpaired) electrons. The Morgan fingerprint density at radius 2 is 2.00 bits per heavy atom. The van der Waals surface area contributed by atoms with Crippen molar-refractivity contribution in [2.24, 2.45) is 5.92 Å². The van der Waals surface area contributed by atoms with E-state index in [1.807, 2.05) is 12.1 Å². The predicted molar refractivity (Wildman–Crippen MR) is 98.5 cm³/mol. The summed E-state index contributed by atoms with van der Waals surface area (Å²) in [7, 11) is 0. The van der Waals surface area contributed by atoms with Crippen LogP contribution in [0.25, 0.3) is 0 Å². The third-order valence-electron chi connectivity index (χ3n) is 5.62. The number of furan rings is 1. The molecule has 2 heterocycles. The molecule has 0 spiro atoms. The molecule has 0 bridgehead atoms. The molecule has 1 atom stereocenters. The fourth-order valence-electron chi connectivity index (χ4n) is 4.24. The maximum atomic E-state index is 12.6. The molecular formula is C21H26N2O2. The van der Waals surface area contributed by atoms with Crippen molar-refractivity contribution in [2.45, 2.75) is 44.6 Å². The van der Waals surface area contributed by atoms with E-state index in [0.29, 0.717) is 6.54 Å². The number of para-hydroxylation sites is 1. The number of amides is 1. The van der Waals surface area contributed by atoms with Crippen LogP contribution in [0.5, 0.6) is 0 Å². The lowest BCUT2D eigenvalue weighted by Gasteiger charge is -2.30. The van der Waals surface area contributed by atoms with Crippen LogP contribution in [0.15, 0.2) is 47.1 Å². The van der Waals surface area contributed by atoms with Gasteiger partial charge in [0.1, 0.15) is 11.8 Å². The second-order valence-corrected chi connectivity index (χ2v) is 7.18. The van der Waals surface area contributed by atoms with Crippen LogP contribution in [0.2, 0.25) is 0 Å². The van der Waals surface area contributed by atoms with E-state index in [1.54, 1.807) is 6.26 Å². The van der Waals surface area contributed by atoms with Gasteiger partial charge in [0.25, 0.3) is 0 Å². The third kappa shape index (κ3) is 3.44. The summed E-state index contributed by atoms with van der Waals surface area (Å²) in [5.41, 5.74) is 2.63. The van der Waals surface area contributed by atoms with E-state index >= 15 is 0 Å². The van der Waals surface area contributed by atoms with Gasteiger partial charge in [0.05, 0.1) is 6.26 Å².